The van der Waals surface area contributed by atoms with Crippen LogP contribution in [0.3, 0.4) is 0 Å². The highest BCUT2D eigenvalue weighted by Crippen LogP contribution is 2.13. The third-order valence-corrected chi connectivity index (χ3v) is 1.98. The first kappa shape index (κ1) is 11.4. The summed E-state index contributed by atoms with van der Waals surface area (Å²) in [5.74, 6) is -0.574. The third-order valence-electron chi connectivity index (χ3n) is 1.73. The second kappa shape index (κ2) is 4.70. The summed E-state index contributed by atoms with van der Waals surface area (Å²) in [7, 11) is 0. The van der Waals surface area contributed by atoms with Crippen LogP contribution in [-0.4, -0.2) is 10.7 Å². The monoisotopic (exact) mass is 225 g/mol. The number of allylic oxidation sites excluding steroid dienone is 1. The van der Waals surface area contributed by atoms with Crippen molar-refractivity contribution in [2.75, 3.05) is 0 Å². The fourth-order valence-electron chi connectivity index (χ4n) is 1.000. The second-order valence-electron chi connectivity index (χ2n) is 2.89. The first-order valence-corrected chi connectivity index (χ1v) is 4.51. The van der Waals surface area contributed by atoms with E-state index in [9.17, 15) is 14.9 Å². The molecule has 0 aliphatic rings. The molecule has 1 aromatic rings. The van der Waals surface area contributed by atoms with Gasteiger partial charge in [0.25, 0.3) is 0 Å². The van der Waals surface area contributed by atoms with E-state index in [4.69, 9.17) is 11.6 Å². The Hall–Kier alpha value is -1.68. The van der Waals surface area contributed by atoms with E-state index >= 15 is 0 Å². The van der Waals surface area contributed by atoms with Crippen LogP contribution >= 0.6 is 11.6 Å². The number of Topliss-reactive ketones (excluding diaryl/α,β-unsaturated/α-hetero) is 1. The third kappa shape index (κ3) is 3.18. The van der Waals surface area contributed by atoms with E-state index in [1.807, 2.05) is 0 Å². The summed E-state index contributed by atoms with van der Waals surface area (Å²) in [6.45, 7) is 1.16. The standard InChI is InChI=1S/C10H8ClNO3/c1-7(13)10(12(14)15)6-8-2-4-9(11)5-3-8/h2-6H,1H3/b10-6-. The topological polar surface area (TPSA) is 60.2 Å². The molecule has 0 N–H and O–H groups in total. The number of carbonyl (C=O) groups is 1. The van der Waals surface area contributed by atoms with Crippen LogP contribution in [0.25, 0.3) is 6.08 Å². The zero-order chi connectivity index (χ0) is 11.4. The van der Waals surface area contributed by atoms with E-state index in [0.29, 0.717) is 10.6 Å². The molecule has 1 rings (SSSR count). The summed E-state index contributed by atoms with van der Waals surface area (Å²) in [5, 5.41) is 11.0. The van der Waals surface area contributed by atoms with Gasteiger partial charge in [-0.3, -0.25) is 14.9 Å². The quantitative estimate of drug-likeness (QED) is 0.451. The molecule has 0 saturated heterocycles. The van der Waals surface area contributed by atoms with Crippen LogP contribution in [0, 0.1) is 10.1 Å². The summed E-state index contributed by atoms with van der Waals surface area (Å²) in [6, 6.07) is 6.42. The Morgan fingerprint density at radius 3 is 2.33 bits per heavy atom. The largest absolute Gasteiger partial charge is 0.312 e. The van der Waals surface area contributed by atoms with Gasteiger partial charge in [-0.2, -0.15) is 0 Å². The number of benzene rings is 1. The zero-order valence-electron chi connectivity index (χ0n) is 7.94. The van der Waals surface area contributed by atoms with E-state index in [-0.39, 0.29) is 0 Å². The predicted molar refractivity (Wildman–Crippen MR) is 57.1 cm³/mol. The van der Waals surface area contributed by atoms with E-state index in [2.05, 4.69) is 0 Å². The van der Waals surface area contributed by atoms with Crippen molar-refractivity contribution in [3.8, 4) is 0 Å². The molecule has 0 fully saturated rings. The van der Waals surface area contributed by atoms with Crippen LogP contribution in [0.1, 0.15) is 12.5 Å². The molecule has 0 aliphatic carbocycles. The SMILES string of the molecule is CC(=O)/C(=C/c1ccc(Cl)cc1)[N+](=O)[O-]. The van der Waals surface area contributed by atoms with Gasteiger partial charge in [-0.15, -0.1) is 0 Å². The van der Waals surface area contributed by atoms with Crippen LogP contribution in [0.5, 0.6) is 0 Å². The lowest BCUT2D eigenvalue weighted by molar-refractivity contribution is -0.417. The number of halogens is 1. The van der Waals surface area contributed by atoms with Crippen LogP contribution < -0.4 is 0 Å². The maximum absolute atomic E-state index is 10.9. The summed E-state index contributed by atoms with van der Waals surface area (Å²) in [4.78, 5) is 20.7. The van der Waals surface area contributed by atoms with Crippen molar-refractivity contribution in [1.82, 2.24) is 0 Å². The number of ketones is 1. The normalized spacial score (nSPS) is 11.2. The van der Waals surface area contributed by atoms with Crippen LogP contribution in [0.4, 0.5) is 0 Å². The molecule has 0 aliphatic heterocycles. The summed E-state index contributed by atoms with van der Waals surface area (Å²) in [5.41, 5.74) is 0.138. The maximum Gasteiger partial charge on any atom is 0.312 e. The molecule has 0 heterocycles. The molecule has 15 heavy (non-hydrogen) atoms. The molecule has 0 spiro atoms. The molecule has 0 atom stereocenters. The molecule has 5 heteroatoms. The van der Waals surface area contributed by atoms with Gasteiger partial charge in [0.1, 0.15) is 0 Å². The molecule has 4 nitrogen and oxygen atoms in total. The lowest BCUT2D eigenvalue weighted by atomic mass is 10.1. The minimum Gasteiger partial charge on any atom is -0.288 e. The molecule has 0 saturated carbocycles. The molecular weight excluding hydrogens is 218 g/mol. The Morgan fingerprint density at radius 1 is 1.40 bits per heavy atom. The fourth-order valence-corrected chi connectivity index (χ4v) is 1.13. The molecule has 0 radical (unpaired) electrons. The average Bonchev–Trinajstić information content (AvgIpc) is 2.15. The second-order valence-corrected chi connectivity index (χ2v) is 3.33. The van der Waals surface area contributed by atoms with E-state index in [0.717, 1.165) is 6.92 Å². The molecule has 1 aromatic carbocycles. The van der Waals surface area contributed by atoms with Gasteiger partial charge < -0.3 is 0 Å². The average molecular weight is 226 g/mol. The van der Waals surface area contributed by atoms with Crippen molar-refractivity contribution in [2.45, 2.75) is 6.92 Å². The number of carbonyl (C=O) groups excluding carboxylic acids is 1. The number of hydrogen-bond acceptors (Lipinski definition) is 3. The molecule has 0 bridgehead atoms. The van der Waals surface area contributed by atoms with Gasteiger partial charge in [0, 0.05) is 18.0 Å². The van der Waals surface area contributed by atoms with Crippen molar-refractivity contribution in [3.05, 3.63) is 50.7 Å². The van der Waals surface area contributed by atoms with Crippen molar-refractivity contribution in [3.63, 3.8) is 0 Å². The lowest BCUT2D eigenvalue weighted by Gasteiger charge is -1.95. The fraction of sp³-hybridized carbons (Fsp3) is 0.100. The van der Waals surface area contributed by atoms with Gasteiger partial charge in [-0.05, 0) is 17.7 Å². The minimum atomic E-state index is -0.697. The summed E-state index contributed by atoms with van der Waals surface area (Å²) < 4.78 is 0. The van der Waals surface area contributed by atoms with Crippen molar-refractivity contribution in [2.24, 2.45) is 0 Å². The molecular formula is C10H8ClNO3. The highest BCUT2D eigenvalue weighted by Gasteiger charge is 2.16. The van der Waals surface area contributed by atoms with Crippen molar-refractivity contribution >= 4 is 23.5 Å². The van der Waals surface area contributed by atoms with Crippen LogP contribution in [-0.2, 0) is 4.79 Å². The maximum atomic E-state index is 10.9. The van der Waals surface area contributed by atoms with Crippen molar-refractivity contribution < 1.29 is 9.72 Å². The molecule has 0 aromatic heterocycles. The Bertz CT molecular complexity index is 407. The number of hydrogen-bond donors (Lipinski definition) is 0. The number of nitro groups is 1. The van der Waals surface area contributed by atoms with Gasteiger partial charge in [0.2, 0.25) is 5.78 Å². The Morgan fingerprint density at radius 2 is 1.93 bits per heavy atom. The molecule has 0 amide bonds. The summed E-state index contributed by atoms with van der Waals surface area (Å²) >= 11 is 5.65. The Kier molecular flexibility index (Phi) is 3.57. The lowest BCUT2D eigenvalue weighted by Crippen LogP contribution is -2.07. The first-order valence-electron chi connectivity index (χ1n) is 4.13. The highest BCUT2D eigenvalue weighted by molar-refractivity contribution is 6.30. The van der Waals surface area contributed by atoms with Crippen LogP contribution in [0.15, 0.2) is 30.0 Å². The van der Waals surface area contributed by atoms with Gasteiger partial charge >= 0.3 is 5.70 Å². The highest BCUT2D eigenvalue weighted by atomic mass is 35.5. The van der Waals surface area contributed by atoms with E-state index < -0.39 is 16.4 Å². The van der Waals surface area contributed by atoms with Gasteiger partial charge in [0.15, 0.2) is 0 Å². The Labute approximate surface area is 91.3 Å². The van der Waals surface area contributed by atoms with Gasteiger partial charge in [-0.25, -0.2) is 0 Å². The minimum absolute atomic E-state index is 0.433. The smallest absolute Gasteiger partial charge is 0.288 e. The number of nitrogens with zero attached hydrogens (tertiary/aromatic N) is 1. The zero-order valence-corrected chi connectivity index (χ0v) is 8.69. The first-order chi connectivity index (χ1) is 7.00. The summed E-state index contributed by atoms with van der Waals surface area (Å²) in [6.07, 6.45) is 1.22. The molecule has 78 valence electrons. The van der Waals surface area contributed by atoms with E-state index in [1.165, 1.54) is 6.08 Å². The van der Waals surface area contributed by atoms with Gasteiger partial charge in [-0.1, -0.05) is 23.7 Å². The van der Waals surface area contributed by atoms with E-state index in [1.54, 1.807) is 24.3 Å². The van der Waals surface area contributed by atoms with Crippen molar-refractivity contribution in [1.29, 1.82) is 0 Å². The predicted octanol–water partition coefficient (Wildman–Crippen LogP) is 2.55. The number of rotatable bonds is 3. The molecule has 0 unspecified atom stereocenters. The van der Waals surface area contributed by atoms with Crippen LogP contribution in [0.2, 0.25) is 5.02 Å². The van der Waals surface area contributed by atoms with Gasteiger partial charge in [0.05, 0.1) is 4.92 Å². The Balaban J connectivity index is 3.08.